The van der Waals surface area contributed by atoms with E-state index < -0.39 is 0 Å². The summed E-state index contributed by atoms with van der Waals surface area (Å²) in [7, 11) is 0. The Hall–Kier alpha value is -8.34. The number of para-hydroxylation sites is 3. The van der Waals surface area contributed by atoms with Crippen molar-refractivity contribution < 1.29 is 0 Å². The third-order valence-corrected chi connectivity index (χ3v) is 13.7. The van der Waals surface area contributed by atoms with E-state index in [1.807, 2.05) is 24.3 Å². The standard InChI is InChI=1S/C61H42N4/c1-61(2)50-27-15-12-25-46(50)58-51(61)37-48(42-32-35-56-49(36-42)45-24-13-16-28-54(45)64(56)43-22-10-5-11-23-43)57-47-26-14-17-29-55(47)65(59(57)58)44-33-30-40(31-34-44)53-38-52(39-18-6-3-7-19-39)62-60(63-53)41-20-8-4-9-21-41/h3-38H,1-2H3. The average molecular weight is 831 g/mol. The highest BCUT2D eigenvalue weighted by Gasteiger charge is 2.39. The minimum atomic E-state index is -0.215. The van der Waals surface area contributed by atoms with Crippen molar-refractivity contribution in [2.24, 2.45) is 0 Å². The van der Waals surface area contributed by atoms with Gasteiger partial charge in [-0.3, -0.25) is 0 Å². The van der Waals surface area contributed by atoms with Crippen molar-refractivity contribution in [1.29, 1.82) is 0 Å². The summed E-state index contributed by atoms with van der Waals surface area (Å²) in [5.41, 5.74) is 19.5. The van der Waals surface area contributed by atoms with Gasteiger partial charge in [0.2, 0.25) is 0 Å². The Morgan fingerprint density at radius 2 is 0.908 bits per heavy atom. The highest BCUT2D eigenvalue weighted by Crippen LogP contribution is 2.55. The summed E-state index contributed by atoms with van der Waals surface area (Å²) in [6.07, 6.45) is 0. The van der Waals surface area contributed by atoms with Crippen molar-refractivity contribution in [3.05, 3.63) is 230 Å². The fourth-order valence-electron chi connectivity index (χ4n) is 10.7. The lowest BCUT2D eigenvalue weighted by molar-refractivity contribution is 0.661. The Labute approximate surface area is 377 Å². The molecule has 3 aromatic heterocycles. The summed E-state index contributed by atoms with van der Waals surface area (Å²) >= 11 is 0. The Morgan fingerprint density at radius 3 is 1.63 bits per heavy atom. The molecule has 65 heavy (non-hydrogen) atoms. The predicted molar refractivity (Wildman–Crippen MR) is 270 cm³/mol. The molecule has 3 heterocycles. The van der Waals surface area contributed by atoms with E-state index in [-0.39, 0.29) is 5.41 Å². The highest BCUT2D eigenvalue weighted by molar-refractivity contribution is 6.22. The number of aromatic nitrogens is 4. The van der Waals surface area contributed by atoms with E-state index in [1.54, 1.807) is 0 Å². The molecule has 0 N–H and O–H groups in total. The summed E-state index contributed by atoms with van der Waals surface area (Å²) < 4.78 is 4.91. The lowest BCUT2D eigenvalue weighted by Gasteiger charge is -2.23. The summed E-state index contributed by atoms with van der Waals surface area (Å²) in [4.78, 5) is 10.2. The molecule has 0 amide bonds. The number of rotatable bonds is 6. The predicted octanol–water partition coefficient (Wildman–Crippen LogP) is 15.6. The van der Waals surface area contributed by atoms with Gasteiger partial charge in [-0.1, -0.05) is 172 Å². The van der Waals surface area contributed by atoms with Crippen LogP contribution in [0.4, 0.5) is 0 Å². The van der Waals surface area contributed by atoms with Crippen LogP contribution in [0, 0.1) is 0 Å². The van der Waals surface area contributed by atoms with Gasteiger partial charge in [0.25, 0.3) is 0 Å². The minimum absolute atomic E-state index is 0.215. The van der Waals surface area contributed by atoms with E-state index >= 15 is 0 Å². The molecule has 0 unspecified atom stereocenters. The quantitative estimate of drug-likeness (QED) is 0.167. The van der Waals surface area contributed by atoms with Crippen LogP contribution in [0.3, 0.4) is 0 Å². The average Bonchev–Trinajstić information content (AvgIpc) is 3.97. The van der Waals surface area contributed by atoms with Crippen LogP contribution in [0.2, 0.25) is 0 Å². The molecule has 4 heteroatoms. The number of fused-ring (bicyclic) bond motifs is 10. The molecule has 9 aromatic carbocycles. The first-order valence-corrected chi connectivity index (χ1v) is 22.4. The Bertz CT molecular complexity index is 3760. The van der Waals surface area contributed by atoms with E-state index in [2.05, 4.69) is 217 Å². The monoisotopic (exact) mass is 830 g/mol. The van der Waals surface area contributed by atoms with Gasteiger partial charge in [0, 0.05) is 60.6 Å². The fourth-order valence-corrected chi connectivity index (χ4v) is 10.7. The van der Waals surface area contributed by atoms with Gasteiger partial charge in [0.05, 0.1) is 33.5 Å². The molecule has 0 bridgehead atoms. The third-order valence-electron chi connectivity index (χ3n) is 13.7. The normalized spacial score (nSPS) is 12.9. The van der Waals surface area contributed by atoms with Crippen molar-refractivity contribution in [3.63, 3.8) is 0 Å². The second-order valence-corrected chi connectivity index (χ2v) is 17.8. The highest BCUT2D eigenvalue weighted by atomic mass is 15.0. The van der Waals surface area contributed by atoms with Gasteiger partial charge in [0.1, 0.15) is 0 Å². The Morgan fingerprint density at radius 1 is 0.369 bits per heavy atom. The first-order chi connectivity index (χ1) is 32.0. The van der Waals surface area contributed by atoms with Crippen molar-refractivity contribution >= 4 is 43.6 Å². The van der Waals surface area contributed by atoms with Crippen LogP contribution in [0.15, 0.2) is 218 Å². The number of hydrogen-bond acceptors (Lipinski definition) is 2. The number of nitrogens with zero attached hydrogens (tertiary/aromatic N) is 4. The van der Waals surface area contributed by atoms with Crippen molar-refractivity contribution in [2.75, 3.05) is 0 Å². The van der Waals surface area contributed by atoms with E-state index in [1.165, 1.54) is 77.0 Å². The smallest absolute Gasteiger partial charge is 0.160 e. The summed E-state index contributed by atoms with van der Waals surface area (Å²) in [5.74, 6) is 0.709. The third kappa shape index (κ3) is 5.70. The Balaban J connectivity index is 1.05. The molecule has 0 radical (unpaired) electrons. The molecule has 0 spiro atoms. The van der Waals surface area contributed by atoms with Gasteiger partial charge in [-0.2, -0.15) is 0 Å². The van der Waals surface area contributed by atoms with E-state index in [0.717, 1.165) is 39.5 Å². The van der Waals surface area contributed by atoms with Crippen molar-refractivity contribution in [2.45, 2.75) is 19.3 Å². The molecular formula is C61H42N4. The van der Waals surface area contributed by atoms with E-state index in [9.17, 15) is 0 Å². The van der Waals surface area contributed by atoms with Gasteiger partial charge in [-0.15, -0.1) is 0 Å². The maximum atomic E-state index is 5.16. The van der Waals surface area contributed by atoms with E-state index in [0.29, 0.717) is 5.82 Å². The molecule has 306 valence electrons. The maximum Gasteiger partial charge on any atom is 0.160 e. The second-order valence-electron chi connectivity index (χ2n) is 17.8. The van der Waals surface area contributed by atoms with Gasteiger partial charge in [-0.25, -0.2) is 9.97 Å². The first-order valence-electron chi connectivity index (χ1n) is 22.4. The summed E-state index contributed by atoms with van der Waals surface area (Å²) in [6, 6.07) is 78.8. The zero-order valence-corrected chi connectivity index (χ0v) is 36.1. The molecule has 1 aliphatic carbocycles. The number of benzene rings is 9. The van der Waals surface area contributed by atoms with Crippen LogP contribution in [0.25, 0.3) is 111 Å². The zero-order valence-electron chi connectivity index (χ0n) is 36.1. The fraction of sp³-hybridized carbons (Fsp3) is 0.0492. The molecule has 1 aliphatic rings. The van der Waals surface area contributed by atoms with Gasteiger partial charge >= 0.3 is 0 Å². The maximum absolute atomic E-state index is 5.16. The molecule has 13 rings (SSSR count). The molecule has 0 saturated heterocycles. The Kier molecular flexibility index (Phi) is 8.22. The van der Waals surface area contributed by atoms with E-state index in [4.69, 9.17) is 9.97 Å². The van der Waals surface area contributed by atoms with Gasteiger partial charge in [-0.05, 0) is 88.5 Å². The summed E-state index contributed by atoms with van der Waals surface area (Å²) in [5, 5.41) is 4.98. The van der Waals surface area contributed by atoms with Crippen molar-refractivity contribution in [3.8, 4) is 67.5 Å². The summed E-state index contributed by atoms with van der Waals surface area (Å²) in [6.45, 7) is 4.78. The zero-order chi connectivity index (χ0) is 43.2. The molecule has 0 saturated carbocycles. The molecule has 0 fully saturated rings. The number of hydrogen-bond donors (Lipinski definition) is 0. The SMILES string of the molecule is CC1(C)c2ccccc2-c2c1cc(-c1ccc3c(c1)c1ccccc1n3-c1ccccc1)c1c3ccccc3n(-c3ccc(-c4cc(-c5ccccc5)nc(-c5ccccc5)n4)cc3)c21. The lowest BCUT2D eigenvalue weighted by Crippen LogP contribution is -2.15. The van der Waals surface area contributed by atoms with Crippen LogP contribution in [0.1, 0.15) is 25.0 Å². The second kappa shape index (κ2) is 14.3. The molecular weight excluding hydrogens is 789 g/mol. The van der Waals surface area contributed by atoms with Crippen LogP contribution in [-0.4, -0.2) is 19.1 Å². The molecule has 12 aromatic rings. The van der Waals surface area contributed by atoms with Crippen LogP contribution >= 0.6 is 0 Å². The minimum Gasteiger partial charge on any atom is -0.309 e. The van der Waals surface area contributed by atoms with Crippen LogP contribution in [-0.2, 0) is 5.41 Å². The van der Waals surface area contributed by atoms with Crippen LogP contribution in [0.5, 0.6) is 0 Å². The van der Waals surface area contributed by atoms with Crippen LogP contribution < -0.4 is 0 Å². The topological polar surface area (TPSA) is 35.6 Å². The largest absolute Gasteiger partial charge is 0.309 e. The molecule has 0 atom stereocenters. The molecule has 4 nitrogen and oxygen atoms in total. The lowest BCUT2D eigenvalue weighted by atomic mass is 9.81. The van der Waals surface area contributed by atoms with Gasteiger partial charge in [0.15, 0.2) is 5.82 Å². The van der Waals surface area contributed by atoms with Gasteiger partial charge < -0.3 is 9.13 Å². The first kappa shape index (κ1) is 37.2. The van der Waals surface area contributed by atoms with Crippen molar-refractivity contribution in [1.82, 2.24) is 19.1 Å². The molecule has 0 aliphatic heterocycles.